The molecule has 1 saturated heterocycles. The first-order valence-electron chi connectivity index (χ1n) is 6.48. The summed E-state index contributed by atoms with van der Waals surface area (Å²) in [6.45, 7) is 5.74. The van der Waals surface area contributed by atoms with Crippen molar-refractivity contribution in [1.29, 1.82) is 0 Å². The van der Waals surface area contributed by atoms with E-state index in [1.54, 1.807) is 4.52 Å². The van der Waals surface area contributed by atoms with Crippen molar-refractivity contribution in [3.63, 3.8) is 0 Å². The van der Waals surface area contributed by atoms with Gasteiger partial charge >= 0.3 is 0 Å². The van der Waals surface area contributed by atoms with Crippen LogP contribution in [0.4, 0.5) is 0 Å². The van der Waals surface area contributed by atoms with Crippen molar-refractivity contribution in [2.75, 3.05) is 19.6 Å². The summed E-state index contributed by atoms with van der Waals surface area (Å²) in [5, 5.41) is 5.20. The van der Waals surface area contributed by atoms with E-state index in [2.05, 4.69) is 21.9 Å². The summed E-state index contributed by atoms with van der Waals surface area (Å²) < 4.78 is 1.80. The Morgan fingerprint density at radius 2 is 2.39 bits per heavy atom. The van der Waals surface area contributed by atoms with Gasteiger partial charge in [0, 0.05) is 30.3 Å². The van der Waals surface area contributed by atoms with Gasteiger partial charge in [-0.25, -0.2) is 9.50 Å². The zero-order valence-corrected chi connectivity index (χ0v) is 11.3. The van der Waals surface area contributed by atoms with E-state index in [0.717, 1.165) is 24.4 Å². The van der Waals surface area contributed by atoms with Gasteiger partial charge in [-0.3, -0.25) is 0 Å². The molecule has 0 radical (unpaired) electrons. The lowest BCUT2D eigenvalue weighted by Crippen LogP contribution is -2.20. The van der Waals surface area contributed by atoms with Gasteiger partial charge in [0.05, 0.1) is 0 Å². The second kappa shape index (κ2) is 4.86. The minimum Gasteiger partial charge on any atom is -0.303 e. The quantitative estimate of drug-likeness (QED) is 0.853. The average molecular weight is 265 g/mol. The number of hydrogen-bond acceptors (Lipinski definition) is 3. The molecule has 18 heavy (non-hydrogen) atoms. The molecule has 1 aliphatic heterocycles. The predicted molar refractivity (Wildman–Crippen MR) is 71.9 cm³/mol. The minimum atomic E-state index is 0.692. The molecule has 1 fully saturated rings. The summed E-state index contributed by atoms with van der Waals surface area (Å²) in [5.41, 5.74) is 0.836. The maximum absolute atomic E-state index is 5.95. The Balaban J connectivity index is 1.75. The number of aromatic nitrogens is 3. The summed E-state index contributed by atoms with van der Waals surface area (Å²) in [6, 6.07) is 3.69. The van der Waals surface area contributed by atoms with E-state index in [1.807, 2.05) is 18.3 Å². The van der Waals surface area contributed by atoms with Crippen molar-refractivity contribution in [3.05, 3.63) is 29.2 Å². The predicted octanol–water partition coefficient (Wildman–Crippen LogP) is 2.27. The first-order valence-corrected chi connectivity index (χ1v) is 6.85. The molecule has 0 aromatic carbocycles. The van der Waals surface area contributed by atoms with Crippen LogP contribution in [0.25, 0.3) is 5.65 Å². The molecule has 0 amide bonds. The molecule has 3 heterocycles. The third kappa shape index (κ3) is 2.35. The summed E-state index contributed by atoms with van der Waals surface area (Å²) in [5.74, 6) is 1.62. The van der Waals surface area contributed by atoms with Gasteiger partial charge in [0.15, 0.2) is 11.5 Å². The Kier molecular flexibility index (Phi) is 3.22. The zero-order chi connectivity index (χ0) is 12.5. The largest absolute Gasteiger partial charge is 0.303 e. The minimum absolute atomic E-state index is 0.692. The number of halogens is 1. The van der Waals surface area contributed by atoms with Crippen molar-refractivity contribution >= 4 is 17.2 Å². The molecule has 1 aliphatic rings. The van der Waals surface area contributed by atoms with Gasteiger partial charge in [-0.2, -0.15) is 5.10 Å². The molecule has 2 aromatic rings. The molecule has 4 nitrogen and oxygen atoms in total. The summed E-state index contributed by atoms with van der Waals surface area (Å²) in [4.78, 5) is 7.02. The molecule has 1 unspecified atom stereocenters. The van der Waals surface area contributed by atoms with Crippen LogP contribution in [-0.4, -0.2) is 39.1 Å². The highest BCUT2D eigenvalue weighted by atomic mass is 35.5. The van der Waals surface area contributed by atoms with Crippen LogP contribution >= 0.6 is 11.6 Å². The van der Waals surface area contributed by atoms with Crippen LogP contribution in [0.15, 0.2) is 18.3 Å². The van der Waals surface area contributed by atoms with Crippen LogP contribution in [-0.2, 0) is 6.42 Å². The second-order valence-corrected chi connectivity index (χ2v) is 5.36. The highest BCUT2D eigenvalue weighted by molar-refractivity contribution is 6.30. The van der Waals surface area contributed by atoms with E-state index < -0.39 is 0 Å². The third-order valence-electron chi connectivity index (χ3n) is 3.63. The lowest BCUT2D eigenvalue weighted by atomic mass is 10.1. The first-order chi connectivity index (χ1) is 8.74. The van der Waals surface area contributed by atoms with Crippen molar-refractivity contribution in [1.82, 2.24) is 19.5 Å². The van der Waals surface area contributed by atoms with Crippen LogP contribution in [0.2, 0.25) is 5.02 Å². The summed E-state index contributed by atoms with van der Waals surface area (Å²) in [7, 11) is 0. The number of likely N-dealkylation sites (tertiary alicyclic amines) is 1. The van der Waals surface area contributed by atoms with Gasteiger partial charge in [0.1, 0.15) is 0 Å². The Labute approximate surface area is 112 Å². The standard InChI is InChI=1S/C13H17ClN4/c1-2-17-5-3-10(9-17)7-12-15-13-8-11(14)4-6-18(13)16-12/h4,6,8,10H,2-3,5,7,9H2,1H3. The Morgan fingerprint density at radius 1 is 1.50 bits per heavy atom. The molecular formula is C13H17ClN4. The molecule has 0 aliphatic carbocycles. The van der Waals surface area contributed by atoms with Gasteiger partial charge in [0.2, 0.25) is 0 Å². The maximum atomic E-state index is 5.95. The topological polar surface area (TPSA) is 33.4 Å². The molecule has 0 saturated carbocycles. The van der Waals surface area contributed by atoms with Gasteiger partial charge in [-0.15, -0.1) is 0 Å². The SMILES string of the molecule is CCN1CCC(Cc2nc3cc(Cl)ccn3n2)C1. The van der Waals surface area contributed by atoms with E-state index in [1.165, 1.54) is 19.5 Å². The molecule has 0 spiro atoms. The summed E-state index contributed by atoms with van der Waals surface area (Å²) in [6.07, 6.45) is 4.08. The number of fused-ring (bicyclic) bond motifs is 1. The second-order valence-electron chi connectivity index (χ2n) is 4.93. The fraction of sp³-hybridized carbons (Fsp3) is 0.538. The lowest BCUT2D eigenvalue weighted by Gasteiger charge is -2.11. The molecule has 0 N–H and O–H groups in total. The van der Waals surface area contributed by atoms with Gasteiger partial charge in [0.25, 0.3) is 0 Å². The van der Waals surface area contributed by atoms with Crippen molar-refractivity contribution in [2.24, 2.45) is 5.92 Å². The third-order valence-corrected chi connectivity index (χ3v) is 3.87. The average Bonchev–Trinajstić information content (AvgIpc) is 2.95. The molecular weight excluding hydrogens is 248 g/mol. The normalized spacial score (nSPS) is 20.9. The van der Waals surface area contributed by atoms with E-state index in [9.17, 15) is 0 Å². The van der Waals surface area contributed by atoms with E-state index in [4.69, 9.17) is 11.6 Å². The van der Waals surface area contributed by atoms with Crippen LogP contribution in [0.3, 0.4) is 0 Å². The fourth-order valence-electron chi connectivity index (χ4n) is 2.61. The van der Waals surface area contributed by atoms with Crippen LogP contribution in [0.5, 0.6) is 0 Å². The highest BCUT2D eigenvalue weighted by Crippen LogP contribution is 2.20. The Bertz CT molecular complexity index is 551. The van der Waals surface area contributed by atoms with Gasteiger partial charge in [-0.05, 0) is 31.5 Å². The number of pyridine rings is 1. The maximum Gasteiger partial charge on any atom is 0.157 e. The Morgan fingerprint density at radius 3 is 3.17 bits per heavy atom. The van der Waals surface area contributed by atoms with Gasteiger partial charge < -0.3 is 4.90 Å². The van der Waals surface area contributed by atoms with Crippen molar-refractivity contribution < 1.29 is 0 Å². The summed E-state index contributed by atoms with van der Waals surface area (Å²) >= 11 is 5.95. The highest BCUT2D eigenvalue weighted by Gasteiger charge is 2.22. The molecule has 2 aromatic heterocycles. The van der Waals surface area contributed by atoms with Crippen molar-refractivity contribution in [2.45, 2.75) is 19.8 Å². The molecule has 5 heteroatoms. The molecule has 0 bridgehead atoms. The molecule has 96 valence electrons. The zero-order valence-electron chi connectivity index (χ0n) is 10.5. The number of rotatable bonds is 3. The number of hydrogen-bond donors (Lipinski definition) is 0. The van der Waals surface area contributed by atoms with E-state index >= 15 is 0 Å². The lowest BCUT2D eigenvalue weighted by molar-refractivity contribution is 0.341. The monoisotopic (exact) mass is 264 g/mol. The molecule has 1 atom stereocenters. The number of nitrogens with zero attached hydrogens (tertiary/aromatic N) is 4. The van der Waals surface area contributed by atoms with E-state index in [0.29, 0.717) is 10.9 Å². The van der Waals surface area contributed by atoms with E-state index in [-0.39, 0.29) is 0 Å². The van der Waals surface area contributed by atoms with Crippen LogP contribution < -0.4 is 0 Å². The fourth-order valence-corrected chi connectivity index (χ4v) is 2.77. The molecule has 3 rings (SSSR count). The van der Waals surface area contributed by atoms with Crippen LogP contribution in [0, 0.1) is 5.92 Å². The Hall–Kier alpha value is -1.13. The van der Waals surface area contributed by atoms with Crippen LogP contribution in [0.1, 0.15) is 19.2 Å². The van der Waals surface area contributed by atoms with Crippen molar-refractivity contribution in [3.8, 4) is 0 Å². The smallest absolute Gasteiger partial charge is 0.157 e. The first kappa shape index (κ1) is 11.9. The van der Waals surface area contributed by atoms with Gasteiger partial charge in [-0.1, -0.05) is 18.5 Å².